The number of anilines is 1. The molecule has 2 rings (SSSR count). The Kier molecular flexibility index (Phi) is 4.26. The lowest BCUT2D eigenvalue weighted by atomic mass is 10.2. The van der Waals surface area contributed by atoms with E-state index in [0.717, 1.165) is 12.1 Å². The first kappa shape index (κ1) is 14.1. The van der Waals surface area contributed by atoms with Gasteiger partial charge >= 0.3 is 0 Å². The minimum absolute atomic E-state index is 0.0519. The summed E-state index contributed by atoms with van der Waals surface area (Å²) in [5, 5.41) is 2.16. The number of halogens is 4. The third-order valence-corrected chi connectivity index (χ3v) is 3.09. The van der Waals surface area contributed by atoms with Crippen molar-refractivity contribution < 1.29 is 13.6 Å². The molecule has 0 aliphatic carbocycles. The molecule has 98 valence electrons. The van der Waals surface area contributed by atoms with Crippen LogP contribution >= 0.6 is 31.9 Å². The van der Waals surface area contributed by atoms with Crippen LogP contribution in [0.15, 0.2) is 39.4 Å². The molecule has 0 aliphatic rings. The highest BCUT2D eigenvalue weighted by molar-refractivity contribution is 9.10. The van der Waals surface area contributed by atoms with Gasteiger partial charge in [0.2, 0.25) is 0 Å². The van der Waals surface area contributed by atoms with E-state index in [-0.39, 0.29) is 10.2 Å². The van der Waals surface area contributed by atoms with Crippen molar-refractivity contribution in [3.8, 4) is 0 Å². The largest absolute Gasteiger partial charge is 0.316 e. The topological polar surface area (TPSA) is 42.0 Å². The van der Waals surface area contributed by atoms with Gasteiger partial charge in [-0.15, -0.1) is 0 Å². The minimum atomic E-state index is -0.866. The molecule has 0 saturated carbocycles. The van der Waals surface area contributed by atoms with Crippen LogP contribution in [0.1, 0.15) is 10.5 Å². The Morgan fingerprint density at radius 1 is 1.16 bits per heavy atom. The summed E-state index contributed by atoms with van der Waals surface area (Å²) < 4.78 is 27.8. The number of hydrogen-bond donors (Lipinski definition) is 1. The Labute approximate surface area is 124 Å². The molecule has 19 heavy (non-hydrogen) atoms. The van der Waals surface area contributed by atoms with Gasteiger partial charge in [-0.3, -0.25) is 4.79 Å². The van der Waals surface area contributed by atoms with E-state index in [9.17, 15) is 13.6 Å². The number of hydrogen-bond acceptors (Lipinski definition) is 2. The van der Waals surface area contributed by atoms with Gasteiger partial charge in [-0.05, 0) is 40.2 Å². The maximum atomic E-state index is 13.6. The summed E-state index contributed by atoms with van der Waals surface area (Å²) in [5.74, 6) is -2.42. The predicted molar refractivity (Wildman–Crippen MR) is 73.9 cm³/mol. The second kappa shape index (κ2) is 5.75. The number of nitrogens with zero attached hydrogens (tertiary/aromatic N) is 1. The molecule has 0 atom stereocenters. The molecule has 0 bridgehead atoms. The summed E-state index contributed by atoms with van der Waals surface area (Å²) in [7, 11) is 0. The molecular weight excluding hydrogens is 386 g/mol. The van der Waals surface area contributed by atoms with Gasteiger partial charge in [0.05, 0.1) is 0 Å². The first-order chi connectivity index (χ1) is 8.97. The number of carbonyl (C=O) groups excluding carboxylic acids is 1. The maximum absolute atomic E-state index is 13.6. The molecule has 1 aromatic heterocycles. The van der Waals surface area contributed by atoms with Crippen molar-refractivity contribution in [1.82, 2.24) is 4.98 Å². The molecule has 1 N–H and O–H groups in total. The molecule has 0 fully saturated rings. The zero-order valence-electron chi connectivity index (χ0n) is 9.25. The van der Waals surface area contributed by atoms with Crippen molar-refractivity contribution in [2.24, 2.45) is 0 Å². The normalized spacial score (nSPS) is 10.3. The van der Waals surface area contributed by atoms with Crippen molar-refractivity contribution in [3.05, 3.63) is 56.7 Å². The second-order valence-corrected chi connectivity index (χ2v) is 5.27. The van der Waals surface area contributed by atoms with Crippen LogP contribution < -0.4 is 5.32 Å². The van der Waals surface area contributed by atoms with Crippen LogP contribution in [0.2, 0.25) is 0 Å². The van der Waals surface area contributed by atoms with Gasteiger partial charge < -0.3 is 5.32 Å². The van der Waals surface area contributed by atoms with E-state index in [1.54, 1.807) is 12.1 Å². The maximum Gasteiger partial charge on any atom is 0.274 e. The van der Waals surface area contributed by atoms with E-state index in [1.807, 2.05) is 0 Å². The predicted octanol–water partition coefficient (Wildman–Crippen LogP) is 4.14. The average Bonchev–Trinajstić information content (AvgIpc) is 2.33. The fraction of sp³-hybridized carbons (Fsp3) is 0. The first-order valence-electron chi connectivity index (χ1n) is 5.06. The van der Waals surface area contributed by atoms with Gasteiger partial charge in [-0.1, -0.05) is 22.0 Å². The number of amides is 1. The number of benzene rings is 1. The summed E-state index contributed by atoms with van der Waals surface area (Å²) in [6.07, 6.45) is 0. The van der Waals surface area contributed by atoms with Gasteiger partial charge in [0.15, 0.2) is 11.6 Å². The van der Waals surface area contributed by atoms with Crippen LogP contribution in [-0.2, 0) is 0 Å². The number of carbonyl (C=O) groups is 1. The minimum Gasteiger partial charge on any atom is -0.316 e. The molecule has 0 aliphatic heterocycles. The number of nitrogens with one attached hydrogen (secondary N) is 1. The second-order valence-electron chi connectivity index (χ2n) is 3.54. The summed E-state index contributed by atoms with van der Waals surface area (Å²) in [4.78, 5) is 15.7. The van der Waals surface area contributed by atoms with Gasteiger partial charge in [0, 0.05) is 4.47 Å². The quantitative estimate of drug-likeness (QED) is 0.782. The molecule has 1 heterocycles. The average molecular weight is 392 g/mol. The SMILES string of the molecule is O=C(Nc1c(F)cc(Br)cc1F)c1cccc(Br)n1. The molecule has 0 unspecified atom stereocenters. The lowest BCUT2D eigenvalue weighted by Crippen LogP contribution is -2.15. The fourth-order valence-electron chi connectivity index (χ4n) is 1.37. The van der Waals surface area contributed by atoms with Crippen LogP contribution in [0.5, 0.6) is 0 Å². The Hall–Kier alpha value is -1.34. The van der Waals surface area contributed by atoms with Crippen molar-refractivity contribution in [2.75, 3.05) is 5.32 Å². The zero-order chi connectivity index (χ0) is 14.0. The molecule has 2 aromatic rings. The van der Waals surface area contributed by atoms with Gasteiger partial charge in [-0.25, -0.2) is 13.8 Å². The summed E-state index contributed by atoms with van der Waals surface area (Å²) in [6.45, 7) is 0. The van der Waals surface area contributed by atoms with Crippen molar-refractivity contribution in [3.63, 3.8) is 0 Å². The molecule has 0 spiro atoms. The van der Waals surface area contributed by atoms with E-state index in [1.165, 1.54) is 6.07 Å². The molecular formula is C12H6Br2F2N2O. The summed E-state index contributed by atoms with van der Waals surface area (Å²) in [6, 6.07) is 6.80. The standard InChI is InChI=1S/C12H6Br2F2N2O/c13-6-4-7(15)11(8(16)5-6)18-12(19)9-2-1-3-10(14)17-9/h1-5H,(H,18,19). The zero-order valence-corrected chi connectivity index (χ0v) is 12.4. The van der Waals surface area contributed by atoms with Gasteiger partial charge in [-0.2, -0.15) is 0 Å². The van der Waals surface area contributed by atoms with E-state index in [4.69, 9.17) is 0 Å². The highest BCUT2D eigenvalue weighted by atomic mass is 79.9. The fourth-order valence-corrected chi connectivity index (χ4v) is 2.12. The Bertz CT molecular complexity index is 626. The molecule has 1 aromatic carbocycles. The lowest BCUT2D eigenvalue weighted by molar-refractivity contribution is 0.102. The molecule has 0 saturated heterocycles. The lowest BCUT2D eigenvalue weighted by Gasteiger charge is -2.07. The van der Waals surface area contributed by atoms with Gasteiger partial charge in [0.25, 0.3) is 5.91 Å². The number of aromatic nitrogens is 1. The van der Waals surface area contributed by atoms with E-state index in [0.29, 0.717) is 4.60 Å². The summed E-state index contributed by atoms with van der Waals surface area (Å²) in [5.41, 5.74) is -0.453. The van der Waals surface area contributed by atoms with Crippen LogP contribution in [0.3, 0.4) is 0 Å². The number of rotatable bonds is 2. The van der Waals surface area contributed by atoms with Crippen molar-refractivity contribution in [2.45, 2.75) is 0 Å². The van der Waals surface area contributed by atoms with Crippen molar-refractivity contribution >= 4 is 43.5 Å². The van der Waals surface area contributed by atoms with E-state index in [2.05, 4.69) is 42.2 Å². The Morgan fingerprint density at radius 3 is 2.37 bits per heavy atom. The molecule has 3 nitrogen and oxygen atoms in total. The van der Waals surface area contributed by atoms with E-state index < -0.39 is 23.2 Å². The van der Waals surface area contributed by atoms with E-state index >= 15 is 0 Å². The van der Waals surface area contributed by atoms with Crippen molar-refractivity contribution in [1.29, 1.82) is 0 Å². The van der Waals surface area contributed by atoms with Crippen LogP contribution in [-0.4, -0.2) is 10.9 Å². The third kappa shape index (κ3) is 3.36. The third-order valence-electron chi connectivity index (χ3n) is 2.19. The monoisotopic (exact) mass is 390 g/mol. The Balaban J connectivity index is 2.29. The van der Waals surface area contributed by atoms with Crippen LogP contribution in [0.4, 0.5) is 14.5 Å². The smallest absolute Gasteiger partial charge is 0.274 e. The number of pyridine rings is 1. The van der Waals surface area contributed by atoms with Crippen LogP contribution in [0.25, 0.3) is 0 Å². The molecule has 1 amide bonds. The first-order valence-corrected chi connectivity index (χ1v) is 6.64. The van der Waals surface area contributed by atoms with Crippen LogP contribution in [0, 0.1) is 11.6 Å². The van der Waals surface area contributed by atoms with Gasteiger partial charge in [0.1, 0.15) is 16.0 Å². The Morgan fingerprint density at radius 2 is 1.79 bits per heavy atom. The summed E-state index contributed by atoms with van der Waals surface area (Å²) >= 11 is 6.07. The highest BCUT2D eigenvalue weighted by Crippen LogP contribution is 2.24. The highest BCUT2D eigenvalue weighted by Gasteiger charge is 2.15. The molecule has 0 radical (unpaired) electrons. The molecule has 7 heteroatoms.